The molecule has 1 amide bonds. The van der Waals surface area contributed by atoms with Crippen molar-refractivity contribution in [3.05, 3.63) is 29.6 Å². The van der Waals surface area contributed by atoms with Crippen LogP contribution < -0.4 is 16.0 Å². The number of carbonyl (C=O) groups is 1. The van der Waals surface area contributed by atoms with E-state index in [4.69, 9.17) is 0 Å². The third kappa shape index (κ3) is 7.61. The van der Waals surface area contributed by atoms with E-state index in [9.17, 15) is 4.79 Å². The molecule has 0 unspecified atom stereocenters. The molecule has 0 saturated heterocycles. The molecule has 0 aliphatic heterocycles. The number of carbonyl (C=O) groups excluding carboxylic acids is 1. The second-order valence-electron chi connectivity index (χ2n) is 6.21. The number of guanidine groups is 1. The number of pyridine rings is 1. The summed E-state index contributed by atoms with van der Waals surface area (Å²) in [6.45, 7) is 8.75. The van der Waals surface area contributed by atoms with Gasteiger partial charge in [-0.3, -0.25) is 14.8 Å². The summed E-state index contributed by atoms with van der Waals surface area (Å²) in [5, 5.41) is 9.07. The number of rotatable bonds is 5. The van der Waals surface area contributed by atoms with Gasteiger partial charge < -0.3 is 16.0 Å². The number of aryl methyl sites for hydroxylation is 1. The van der Waals surface area contributed by atoms with Gasteiger partial charge >= 0.3 is 0 Å². The SMILES string of the molecule is CN=C(NCCc1ccc(C)nc1)NCC(=O)NC(C)(C)C. The van der Waals surface area contributed by atoms with Crippen LogP contribution in [0.2, 0.25) is 0 Å². The molecule has 3 N–H and O–H groups in total. The Morgan fingerprint density at radius 2 is 2.00 bits per heavy atom. The van der Waals surface area contributed by atoms with Gasteiger partial charge in [0.05, 0.1) is 6.54 Å². The number of nitrogens with one attached hydrogen (secondary N) is 3. The van der Waals surface area contributed by atoms with E-state index in [1.165, 1.54) is 5.56 Å². The van der Waals surface area contributed by atoms with Crippen LogP contribution in [0.1, 0.15) is 32.0 Å². The molecule has 1 rings (SSSR count). The molecule has 6 nitrogen and oxygen atoms in total. The smallest absolute Gasteiger partial charge is 0.239 e. The van der Waals surface area contributed by atoms with E-state index >= 15 is 0 Å². The lowest BCUT2D eigenvalue weighted by Crippen LogP contribution is -2.48. The molecule has 0 aromatic carbocycles. The van der Waals surface area contributed by atoms with E-state index in [0.717, 1.165) is 18.7 Å². The van der Waals surface area contributed by atoms with Crippen molar-refractivity contribution in [2.45, 2.75) is 39.7 Å². The summed E-state index contributed by atoms with van der Waals surface area (Å²) in [6, 6.07) is 4.07. The number of aromatic nitrogens is 1. The first kappa shape index (κ1) is 17.9. The second-order valence-corrected chi connectivity index (χ2v) is 6.21. The standard InChI is InChI=1S/C16H27N5O/c1-12-6-7-13(10-19-12)8-9-18-15(17-5)20-11-14(22)21-16(2,3)4/h6-7,10H,8-9,11H2,1-5H3,(H,21,22)(H2,17,18,20). The van der Waals surface area contributed by atoms with Gasteiger partial charge in [-0.1, -0.05) is 6.07 Å². The van der Waals surface area contributed by atoms with Gasteiger partial charge in [-0.05, 0) is 45.7 Å². The van der Waals surface area contributed by atoms with Crippen molar-refractivity contribution < 1.29 is 4.79 Å². The second kappa shape index (κ2) is 8.36. The summed E-state index contributed by atoms with van der Waals surface area (Å²) >= 11 is 0. The normalized spacial score (nSPS) is 12.0. The molecule has 0 atom stereocenters. The minimum atomic E-state index is -0.228. The molecular formula is C16H27N5O. The Morgan fingerprint density at radius 1 is 1.27 bits per heavy atom. The third-order valence-corrected chi connectivity index (χ3v) is 2.83. The Morgan fingerprint density at radius 3 is 2.55 bits per heavy atom. The number of hydrogen-bond donors (Lipinski definition) is 3. The molecule has 1 aromatic rings. The predicted molar refractivity (Wildman–Crippen MR) is 89.9 cm³/mol. The molecule has 0 saturated carbocycles. The fraction of sp³-hybridized carbons (Fsp3) is 0.562. The molecule has 122 valence electrons. The van der Waals surface area contributed by atoms with Crippen LogP contribution in [-0.2, 0) is 11.2 Å². The lowest BCUT2D eigenvalue weighted by molar-refractivity contribution is -0.121. The van der Waals surface area contributed by atoms with E-state index in [0.29, 0.717) is 5.96 Å². The minimum Gasteiger partial charge on any atom is -0.356 e. The Bertz CT molecular complexity index is 502. The molecule has 6 heteroatoms. The first-order valence-electron chi connectivity index (χ1n) is 7.47. The highest BCUT2D eigenvalue weighted by molar-refractivity contribution is 5.86. The van der Waals surface area contributed by atoms with Crippen LogP contribution >= 0.6 is 0 Å². The van der Waals surface area contributed by atoms with Crippen LogP contribution in [-0.4, -0.2) is 42.5 Å². The highest BCUT2D eigenvalue weighted by Crippen LogP contribution is 1.99. The van der Waals surface area contributed by atoms with E-state index in [1.54, 1.807) is 7.05 Å². The molecule has 0 radical (unpaired) electrons. The molecule has 1 heterocycles. The van der Waals surface area contributed by atoms with Gasteiger partial charge in [0.2, 0.25) is 5.91 Å². The van der Waals surface area contributed by atoms with Crippen molar-refractivity contribution in [1.29, 1.82) is 0 Å². The predicted octanol–water partition coefficient (Wildman–Crippen LogP) is 1.01. The van der Waals surface area contributed by atoms with Crippen LogP contribution in [0.15, 0.2) is 23.3 Å². The van der Waals surface area contributed by atoms with Gasteiger partial charge in [-0.2, -0.15) is 0 Å². The van der Waals surface area contributed by atoms with Crippen molar-refractivity contribution in [1.82, 2.24) is 20.9 Å². The molecular weight excluding hydrogens is 278 g/mol. The summed E-state index contributed by atoms with van der Waals surface area (Å²) < 4.78 is 0. The Labute approximate surface area is 132 Å². The number of aliphatic imine (C=N–C) groups is 1. The van der Waals surface area contributed by atoms with Crippen LogP contribution in [0, 0.1) is 6.92 Å². The van der Waals surface area contributed by atoms with Crippen LogP contribution in [0.25, 0.3) is 0 Å². The van der Waals surface area contributed by atoms with Crippen molar-refractivity contribution in [2.75, 3.05) is 20.1 Å². The summed E-state index contributed by atoms with van der Waals surface area (Å²) in [7, 11) is 1.68. The average molecular weight is 305 g/mol. The van der Waals surface area contributed by atoms with Crippen molar-refractivity contribution >= 4 is 11.9 Å². The van der Waals surface area contributed by atoms with Crippen molar-refractivity contribution in [3.8, 4) is 0 Å². The van der Waals surface area contributed by atoms with Gasteiger partial charge in [0, 0.05) is 31.0 Å². The third-order valence-electron chi connectivity index (χ3n) is 2.83. The number of amides is 1. The fourth-order valence-electron chi connectivity index (χ4n) is 1.82. The lowest BCUT2D eigenvalue weighted by Gasteiger charge is -2.21. The van der Waals surface area contributed by atoms with Gasteiger partial charge in [-0.15, -0.1) is 0 Å². The quantitative estimate of drug-likeness (QED) is 0.560. The summed E-state index contributed by atoms with van der Waals surface area (Å²) in [5.41, 5.74) is 1.95. The van der Waals surface area contributed by atoms with Gasteiger partial charge in [-0.25, -0.2) is 0 Å². The zero-order valence-corrected chi connectivity index (χ0v) is 14.2. The molecule has 0 fully saturated rings. The zero-order chi connectivity index (χ0) is 16.6. The number of hydrogen-bond acceptors (Lipinski definition) is 3. The maximum atomic E-state index is 11.7. The monoisotopic (exact) mass is 305 g/mol. The maximum Gasteiger partial charge on any atom is 0.239 e. The molecule has 22 heavy (non-hydrogen) atoms. The van der Waals surface area contributed by atoms with Crippen molar-refractivity contribution in [2.24, 2.45) is 4.99 Å². The van der Waals surface area contributed by atoms with Crippen molar-refractivity contribution in [3.63, 3.8) is 0 Å². The van der Waals surface area contributed by atoms with E-state index in [2.05, 4.69) is 32.0 Å². The van der Waals surface area contributed by atoms with E-state index < -0.39 is 0 Å². The highest BCUT2D eigenvalue weighted by atomic mass is 16.2. The van der Waals surface area contributed by atoms with Gasteiger partial charge in [0.25, 0.3) is 0 Å². The fourth-order valence-corrected chi connectivity index (χ4v) is 1.82. The average Bonchev–Trinajstić information content (AvgIpc) is 2.42. The lowest BCUT2D eigenvalue weighted by atomic mass is 10.1. The zero-order valence-electron chi connectivity index (χ0n) is 14.2. The van der Waals surface area contributed by atoms with Crippen LogP contribution in [0.3, 0.4) is 0 Å². The topological polar surface area (TPSA) is 78.4 Å². The largest absolute Gasteiger partial charge is 0.356 e. The highest BCUT2D eigenvalue weighted by Gasteiger charge is 2.13. The molecule has 0 aliphatic rings. The summed E-state index contributed by atoms with van der Waals surface area (Å²) in [6.07, 6.45) is 2.73. The molecule has 1 aromatic heterocycles. The summed E-state index contributed by atoms with van der Waals surface area (Å²) in [5.74, 6) is 0.558. The Hall–Kier alpha value is -2.11. The first-order chi connectivity index (χ1) is 10.3. The van der Waals surface area contributed by atoms with Gasteiger partial charge in [0.15, 0.2) is 5.96 Å². The van der Waals surface area contributed by atoms with E-state index in [-0.39, 0.29) is 18.0 Å². The first-order valence-corrected chi connectivity index (χ1v) is 7.47. The minimum absolute atomic E-state index is 0.0572. The molecule has 0 aliphatic carbocycles. The van der Waals surface area contributed by atoms with E-state index in [1.807, 2.05) is 40.0 Å². The van der Waals surface area contributed by atoms with Crippen LogP contribution in [0.4, 0.5) is 0 Å². The molecule has 0 bridgehead atoms. The Balaban J connectivity index is 2.31. The number of nitrogens with zero attached hydrogens (tertiary/aromatic N) is 2. The maximum absolute atomic E-state index is 11.7. The molecule has 0 spiro atoms. The summed E-state index contributed by atoms with van der Waals surface area (Å²) in [4.78, 5) is 20.1. The van der Waals surface area contributed by atoms with Gasteiger partial charge in [0.1, 0.15) is 0 Å². The van der Waals surface area contributed by atoms with Crippen LogP contribution in [0.5, 0.6) is 0 Å². The Kier molecular flexibility index (Phi) is 6.82.